The second kappa shape index (κ2) is 8.65. The molecule has 5 rings (SSSR count). The molecule has 2 aliphatic rings. The second-order valence-electron chi connectivity index (χ2n) is 8.71. The first-order valence-corrected chi connectivity index (χ1v) is 11.4. The fraction of sp³-hybridized carbons (Fsp3) is 0.400. The molecule has 3 aromatic rings. The van der Waals surface area contributed by atoms with E-state index in [1.807, 2.05) is 6.07 Å². The van der Waals surface area contributed by atoms with Crippen molar-refractivity contribution in [1.29, 1.82) is 0 Å². The maximum atomic E-state index is 9.75. The van der Waals surface area contributed by atoms with Crippen LogP contribution in [0.1, 0.15) is 12.8 Å². The van der Waals surface area contributed by atoms with E-state index < -0.39 is 0 Å². The fourth-order valence-corrected chi connectivity index (χ4v) is 5.06. The summed E-state index contributed by atoms with van der Waals surface area (Å²) in [6.07, 6.45) is 4.34. The number of rotatable bonds is 3. The summed E-state index contributed by atoms with van der Waals surface area (Å²) in [7, 11) is 2.22. The van der Waals surface area contributed by atoms with Crippen LogP contribution in [0.25, 0.3) is 22.0 Å². The zero-order chi connectivity index (χ0) is 21.4. The van der Waals surface area contributed by atoms with Gasteiger partial charge in [-0.25, -0.2) is 0 Å². The van der Waals surface area contributed by atoms with Crippen molar-refractivity contribution in [3.05, 3.63) is 53.7 Å². The van der Waals surface area contributed by atoms with E-state index in [0.717, 1.165) is 59.9 Å². The number of pyridine rings is 1. The van der Waals surface area contributed by atoms with Gasteiger partial charge in [-0.2, -0.15) is 0 Å². The number of anilines is 1. The lowest BCUT2D eigenvalue weighted by molar-refractivity contribution is 0.115. The summed E-state index contributed by atoms with van der Waals surface area (Å²) in [4.78, 5) is 12.1. The number of aromatic hydroxyl groups is 1. The van der Waals surface area contributed by atoms with Crippen molar-refractivity contribution in [3.8, 4) is 16.9 Å². The second-order valence-corrected chi connectivity index (χ2v) is 9.11. The van der Waals surface area contributed by atoms with Crippen molar-refractivity contribution in [3.63, 3.8) is 0 Å². The molecule has 6 heteroatoms. The Bertz CT molecular complexity index is 1070. The monoisotopic (exact) mass is 435 g/mol. The number of hydrogen-bond acceptors (Lipinski definition) is 5. The Kier molecular flexibility index (Phi) is 5.74. The minimum Gasteiger partial charge on any atom is -0.506 e. The lowest BCUT2D eigenvalue weighted by atomic mass is 10.0. The van der Waals surface area contributed by atoms with E-state index in [4.69, 9.17) is 11.6 Å². The van der Waals surface area contributed by atoms with Gasteiger partial charge in [-0.3, -0.25) is 9.88 Å². The number of hydrogen-bond donors (Lipinski definition) is 1. The van der Waals surface area contributed by atoms with Gasteiger partial charge in [0.05, 0.1) is 16.2 Å². The van der Waals surface area contributed by atoms with Crippen LogP contribution in [0.3, 0.4) is 0 Å². The van der Waals surface area contributed by atoms with Gasteiger partial charge in [-0.1, -0.05) is 23.7 Å². The van der Waals surface area contributed by atoms with Crippen LogP contribution in [0.4, 0.5) is 5.69 Å². The van der Waals surface area contributed by atoms with Gasteiger partial charge in [0, 0.05) is 49.9 Å². The van der Waals surface area contributed by atoms with Crippen molar-refractivity contribution in [2.45, 2.75) is 18.9 Å². The van der Waals surface area contributed by atoms with Crippen LogP contribution in [0.5, 0.6) is 5.75 Å². The van der Waals surface area contributed by atoms with Crippen molar-refractivity contribution >= 4 is 28.2 Å². The molecular weight excluding hydrogens is 408 g/mol. The molecule has 2 aromatic carbocycles. The highest BCUT2D eigenvalue weighted by Crippen LogP contribution is 2.33. The Morgan fingerprint density at radius 1 is 0.968 bits per heavy atom. The summed E-state index contributed by atoms with van der Waals surface area (Å²) in [6.45, 7) is 6.63. The maximum Gasteiger partial charge on any atom is 0.134 e. The average molecular weight is 436 g/mol. The number of nitrogens with zero attached hydrogens (tertiary/aromatic N) is 4. The molecule has 0 spiro atoms. The number of piperidine rings is 1. The van der Waals surface area contributed by atoms with E-state index in [1.165, 1.54) is 25.9 Å². The number of benzene rings is 2. The number of phenols is 1. The van der Waals surface area contributed by atoms with Gasteiger partial charge in [0.1, 0.15) is 5.75 Å². The van der Waals surface area contributed by atoms with Gasteiger partial charge < -0.3 is 14.9 Å². The van der Waals surface area contributed by atoms with E-state index in [9.17, 15) is 5.11 Å². The first kappa shape index (κ1) is 20.6. The first-order valence-electron chi connectivity index (χ1n) is 11.1. The third kappa shape index (κ3) is 4.22. The van der Waals surface area contributed by atoms with Gasteiger partial charge in [-0.15, -0.1) is 0 Å². The normalized spacial score (nSPS) is 19.2. The highest BCUT2D eigenvalue weighted by molar-refractivity contribution is 6.32. The number of likely N-dealkylation sites (tertiary alicyclic amines) is 1. The molecule has 0 atom stereocenters. The Morgan fingerprint density at radius 2 is 1.68 bits per heavy atom. The maximum absolute atomic E-state index is 9.75. The van der Waals surface area contributed by atoms with Crippen molar-refractivity contribution in [1.82, 2.24) is 14.8 Å². The van der Waals surface area contributed by atoms with Crippen LogP contribution in [-0.2, 0) is 0 Å². The molecule has 1 aromatic heterocycles. The predicted molar refractivity (Wildman–Crippen MR) is 127 cm³/mol. The lowest BCUT2D eigenvalue weighted by Crippen LogP contribution is -2.53. The predicted octanol–water partition coefficient (Wildman–Crippen LogP) is 4.28. The summed E-state index contributed by atoms with van der Waals surface area (Å²) >= 11 is 6.14. The van der Waals surface area contributed by atoms with E-state index in [-0.39, 0.29) is 5.75 Å². The van der Waals surface area contributed by atoms with Crippen molar-refractivity contribution < 1.29 is 5.11 Å². The molecule has 3 heterocycles. The highest BCUT2D eigenvalue weighted by atomic mass is 35.5. The average Bonchev–Trinajstić information content (AvgIpc) is 2.81. The molecular formula is C25H28ClN4O. The third-order valence-electron chi connectivity index (χ3n) is 6.77. The van der Waals surface area contributed by atoms with E-state index >= 15 is 0 Å². The van der Waals surface area contributed by atoms with Crippen LogP contribution < -0.4 is 4.90 Å². The summed E-state index contributed by atoms with van der Waals surface area (Å²) in [5.74, 6) is 0.101. The van der Waals surface area contributed by atoms with Gasteiger partial charge >= 0.3 is 0 Å². The molecule has 0 aliphatic carbocycles. The van der Waals surface area contributed by atoms with Crippen LogP contribution >= 0.6 is 11.6 Å². The summed E-state index contributed by atoms with van der Waals surface area (Å²) < 4.78 is 0. The van der Waals surface area contributed by atoms with Crippen LogP contribution in [0.15, 0.2) is 42.6 Å². The largest absolute Gasteiger partial charge is 0.506 e. The Labute approximate surface area is 188 Å². The minimum absolute atomic E-state index is 0.101. The zero-order valence-electron chi connectivity index (χ0n) is 17.9. The molecule has 0 saturated carbocycles. The van der Waals surface area contributed by atoms with Crippen LogP contribution in [0, 0.1) is 6.07 Å². The Balaban J connectivity index is 1.38. The van der Waals surface area contributed by atoms with Gasteiger partial charge in [0.25, 0.3) is 0 Å². The topological polar surface area (TPSA) is 42.8 Å². The van der Waals surface area contributed by atoms with Gasteiger partial charge in [-0.05, 0) is 68.4 Å². The van der Waals surface area contributed by atoms with Gasteiger partial charge in [0.2, 0.25) is 0 Å². The molecule has 1 radical (unpaired) electrons. The quantitative estimate of drug-likeness (QED) is 0.665. The third-order valence-corrected chi connectivity index (χ3v) is 7.08. The van der Waals surface area contributed by atoms with E-state index in [2.05, 4.69) is 51.0 Å². The molecule has 2 aliphatic heterocycles. The molecule has 161 valence electrons. The zero-order valence-corrected chi connectivity index (χ0v) is 18.6. The fourth-order valence-electron chi connectivity index (χ4n) is 4.88. The minimum atomic E-state index is 0.101. The Hall–Kier alpha value is -2.34. The molecule has 5 nitrogen and oxygen atoms in total. The number of phenolic OH excluding ortho intramolecular Hbond substituents is 1. The Morgan fingerprint density at radius 3 is 2.42 bits per heavy atom. The SMILES string of the molecule is CN1CCC(N2CCN(c3[c]cnc4ccc(-c5ccc(O)c(Cl)c5)cc34)CC2)CC1. The molecule has 0 amide bonds. The highest BCUT2D eigenvalue weighted by Gasteiger charge is 2.27. The lowest BCUT2D eigenvalue weighted by Gasteiger charge is -2.43. The molecule has 0 unspecified atom stereocenters. The standard InChI is InChI=1S/C25H28ClN4O/c1-28-10-7-20(8-11-28)29-12-14-30(15-13-29)24-6-9-27-23-4-2-18(16-21(23)24)19-3-5-25(31)22(26)17-19/h2-5,9,16-17,20,31H,7-8,10-15H2,1H3. The van der Waals surface area contributed by atoms with Crippen LogP contribution in [-0.4, -0.2) is 72.2 Å². The number of aromatic nitrogens is 1. The summed E-state index contributed by atoms with van der Waals surface area (Å²) in [5.41, 5.74) is 4.13. The molecule has 2 fully saturated rings. The molecule has 31 heavy (non-hydrogen) atoms. The first-order chi connectivity index (χ1) is 15.1. The molecule has 1 N–H and O–H groups in total. The smallest absolute Gasteiger partial charge is 0.134 e. The number of halogens is 1. The summed E-state index contributed by atoms with van der Waals surface area (Å²) in [6, 6.07) is 15.7. The number of fused-ring (bicyclic) bond motifs is 1. The van der Waals surface area contributed by atoms with Gasteiger partial charge in [0.15, 0.2) is 0 Å². The van der Waals surface area contributed by atoms with E-state index in [1.54, 1.807) is 18.3 Å². The summed E-state index contributed by atoms with van der Waals surface area (Å²) in [5, 5.41) is 11.2. The number of piperazine rings is 1. The van der Waals surface area contributed by atoms with E-state index in [0.29, 0.717) is 5.02 Å². The van der Waals surface area contributed by atoms with Crippen molar-refractivity contribution in [2.24, 2.45) is 0 Å². The van der Waals surface area contributed by atoms with Crippen molar-refractivity contribution in [2.75, 3.05) is 51.2 Å². The molecule has 2 saturated heterocycles. The van der Waals surface area contributed by atoms with Crippen LogP contribution in [0.2, 0.25) is 5.02 Å². The molecule has 0 bridgehead atoms.